The van der Waals surface area contributed by atoms with Crippen LogP contribution in [0.2, 0.25) is 0 Å². The van der Waals surface area contributed by atoms with Crippen LogP contribution in [-0.2, 0) is 7.05 Å². The standard InChI is InChI=1S/C14H22N2O/c1-11-13(10-16(2)15-11)14(17)12-8-6-4-3-5-7-9-12/h8,10,14,17H,3-7,9H2,1-2H3/b12-8+. The minimum Gasteiger partial charge on any atom is -0.384 e. The number of allylic oxidation sites excluding steroid dienone is 1. The number of nitrogens with zero attached hydrogens (tertiary/aromatic N) is 2. The van der Waals surface area contributed by atoms with Gasteiger partial charge in [-0.15, -0.1) is 0 Å². The van der Waals surface area contributed by atoms with Crippen LogP contribution >= 0.6 is 0 Å². The Morgan fingerprint density at radius 2 is 2.06 bits per heavy atom. The van der Waals surface area contributed by atoms with Crippen molar-refractivity contribution < 1.29 is 5.11 Å². The normalized spacial score (nSPS) is 22.4. The summed E-state index contributed by atoms with van der Waals surface area (Å²) < 4.78 is 1.78. The Morgan fingerprint density at radius 3 is 2.76 bits per heavy atom. The van der Waals surface area contributed by atoms with E-state index < -0.39 is 6.10 Å². The van der Waals surface area contributed by atoms with E-state index in [-0.39, 0.29) is 0 Å². The fourth-order valence-corrected chi connectivity index (χ4v) is 2.55. The van der Waals surface area contributed by atoms with Crippen molar-refractivity contribution in [3.63, 3.8) is 0 Å². The van der Waals surface area contributed by atoms with Crippen LogP contribution in [0.25, 0.3) is 0 Å². The lowest BCUT2D eigenvalue weighted by atomic mass is 9.93. The molecule has 0 aliphatic heterocycles. The number of aryl methyl sites for hydroxylation is 2. The van der Waals surface area contributed by atoms with Gasteiger partial charge in [0, 0.05) is 18.8 Å². The average Bonchev–Trinajstić information content (AvgIpc) is 2.56. The van der Waals surface area contributed by atoms with Crippen LogP contribution < -0.4 is 0 Å². The zero-order chi connectivity index (χ0) is 12.3. The summed E-state index contributed by atoms with van der Waals surface area (Å²) in [5, 5.41) is 14.7. The molecular formula is C14H22N2O. The highest BCUT2D eigenvalue weighted by molar-refractivity contribution is 5.27. The van der Waals surface area contributed by atoms with Gasteiger partial charge in [0.2, 0.25) is 0 Å². The van der Waals surface area contributed by atoms with Gasteiger partial charge in [-0.3, -0.25) is 4.68 Å². The number of aliphatic hydroxyl groups is 1. The van der Waals surface area contributed by atoms with Crippen molar-refractivity contribution in [2.75, 3.05) is 0 Å². The zero-order valence-electron chi connectivity index (χ0n) is 10.8. The molecule has 2 rings (SSSR count). The van der Waals surface area contributed by atoms with Crippen LogP contribution in [0.3, 0.4) is 0 Å². The molecule has 1 aliphatic carbocycles. The van der Waals surface area contributed by atoms with E-state index in [0.717, 1.165) is 24.1 Å². The van der Waals surface area contributed by atoms with Crippen LogP contribution in [0.15, 0.2) is 17.8 Å². The van der Waals surface area contributed by atoms with Gasteiger partial charge in [-0.05, 0) is 38.2 Å². The number of hydrogen-bond donors (Lipinski definition) is 1. The van der Waals surface area contributed by atoms with Crippen LogP contribution in [0.5, 0.6) is 0 Å². The number of aliphatic hydroxyl groups excluding tert-OH is 1. The van der Waals surface area contributed by atoms with E-state index in [2.05, 4.69) is 11.2 Å². The summed E-state index contributed by atoms with van der Waals surface area (Å²) in [6, 6.07) is 0. The molecule has 0 saturated carbocycles. The monoisotopic (exact) mass is 234 g/mol. The van der Waals surface area contributed by atoms with Crippen LogP contribution in [0.4, 0.5) is 0 Å². The highest BCUT2D eigenvalue weighted by Gasteiger charge is 2.18. The third kappa shape index (κ3) is 2.97. The first-order valence-corrected chi connectivity index (χ1v) is 6.55. The largest absolute Gasteiger partial charge is 0.384 e. The molecule has 94 valence electrons. The van der Waals surface area contributed by atoms with Crippen LogP contribution in [-0.4, -0.2) is 14.9 Å². The molecule has 0 spiro atoms. The number of aromatic nitrogens is 2. The van der Waals surface area contributed by atoms with Crippen molar-refractivity contribution in [2.45, 2.75) is 51.6 Å². The Balaban J connectivity index is 2.17. The maximum atomic E-state index is 10.4. The van der Waals surface area contributed by atoms with Gasteiger partial charge in [0.05, 0.1) is 5.69 Å². The summed E-state index contributed by atoms with van der Waals surface area (Å²) in [4.78, 5) is 0. The van der Waals surface area contributed by atoms with Gasteiger partial charge in [0.25, 0.3) is 0 Å². The van der Waals surface area contributed by atoms with E-state index in [1.165, 1.54) is 31.3 Å². The average molecular weight is 234 g/mol. The Hall–Kier alpha value is -1.09. The van der Waals surface area contributed by atoms with Crippen molar-refractivity contribution in [1.82, 2.24) is 9.78 Å². The van der Waals surface area contributed by atoms with E-state index in [0.29, 0.717) is 0 Å². The second-order valence-electron chi connectivity index (χ2n) is 4.98. The predicted molar refractivity (Wildman–Crippen MR) is 68.7 cm³/mol. The first kappa shape index (κ1) is 12.4. The molecule has 0 amide bonds. The maximum absolute atomic E-state index is 10.4. The lowest BCUT2D eigenvalue weighted by Crippen LogP contribution is -2.04. The first-order chi connectivity index (χ1) is 8.18. The van der Waals surface area contributed by atoms with Crippen molar-refractivity contribution in [3.05, 3.63) is 29.1 Å². The molecule has 0 bridgehead atoms. The Kier molecular flexibility index (Phi) is 4.00. The minimum atomic E-state index is -0.457. The van der Waals surface area contributed by atoms with E-state index in [9.17, 15) is 5.11 Å². The molecular weight excluding hydrogens is 212 g/mol. The summed E-state index contributed by atoms with van der Waals surface area (Å²) in [5.41, 5.74) is 3.07. The first-order valence-electron chi connectivity index (χ1n) is 6.55. The smallest absolute Gasteiger partial charge is 0.103 e. The molecule has 1 aromatic rings. The predicted octanol–water partition coefficient (Wildman–Crippen LogP) is 3.04. The minimum absolute atomic E-state index is 0.457. The summed E-state index contributed by atoms with van der Waals surface area (Å²) in [5.74, 6) is 0. The fourth-order valence-electron chi connectivity index (χ4n) is 2.55. The molecule has 0 fully saturated rings. The van der Waals surface area contributed by atoms with E-state index in [1.54, 1.807) is 4.68 Å². The van der Waals surface area contributed by atoms with Gasteiger partial charge in [-0.1, -0.05) is 18.9 Å². The summed E-state index contributed by atoms with van der Waals surface area (Å²) in [6.07, 6.45) is 10.9. The quantitative estimate of drug-likeness (QED) is 0.799. The van der Waals surface area contributed by atoms with Gasteiger partial charge in [0.1, 0.15) is 6.10 Å². The molecule has 0 saturated heterocycles. The van der Waals surface area contributed by atoms with Gasteiger partial charge >= 0.3 is 0 Å². The van der Waals surface area contributed by atoms with Gasteiger partial charge in [-0.25, -0.2) is 0 Å². The number of rotatable bonds is 2. The molecule has 1 N–H and O–H groups in total. The third-order valence-corrected chi connectivity index (χ3v) is 3.52. The van der Waals surface area contributed by atoms with Crippen molar-refractivity contribution >= 4 is 0 Å². The number of hydrogen-bond acceptors (Lipinski definition) is 2. The zero-order valence-corrected chi connectivity index (χ0v) is 10.8. The van der Waals surface area contributed by atoms with Gasteiger partial charge in [-0.2, -0.15) is 5.10 Å². The molecule has 0 aromatic carbocycles. The van der Waals surface area contributed by atoms with Crippen LogP contribution in [0, 0.1) is 6.92 Å². The van der Waals surface area contributed by atoms with E-state index in [1.807, 2.05) is 20.2 Å². The van der Waals surface area contributed by atoms with Crippen molar-refractivity contribution in [2.24, 2.45) is 7.05 Å². The van der Waals surface area contributed by atoms with Crippen molar-refractivity contribution in [1.29, 1.82) is 0 Å². The molecule has 17 heavy (non-hydrogen) atoms. The molecule has 0 radical (unpaired) electrons. The summed E-state index contributed by atoms with van der Waals surface area (Å²) >= 11 is 0. The van der Waals surface area contributed by atoms with Crippen molar-refractivity contribution in [3.8, 4) is 0 Å². The highest BCUT2D eigenvalue weighted by Crippen LogP contribution is 2.29. The second kappa shape index (κ2) is 5.50. The van der Waals surface area contributed by atoms with E-state index >= 15 is 0 Å². The molecule has 1 unspecified atom stereocenters. The molecule has 1 aliphatic rings. The summed E-state index contributed by atoms with van der Waals surface area (Å²) in [6.45, 7) is 1.96. The highest BCUT2D eigenvalue weighted by atomic mass is 16.3. The molecule has 1 heterocycles. The Labute approximate surface area is 103 Å². The second-order valence-corrected chi connectivity index (χ2v) is 4.98. The maximum Gasteiger partial charge on any atom is 0.103 e. The fraction of sp³-hybridized carbons (Fsp3) is 0.643. The van der Waals surface area contributed by atoms with Crippen LogP contribution in [0.1, 0.15) is 55.9 Å². The Bertz CT molecular complexity index is 406. The summed E-state index contributed by atoms with van der Waals surface area (Å²) in [7, 11) is 1.90. The van der Waals surface area contributed by atoms with E-state index in [4.69, 9.17) is 0 Å². The molecule has 3 heteroatoms. The lowest BCUT2D eigenvalue weighted by molar-refractivity contribution is 0.208. The Morgan fingerprint density at radius 1 is 1.29 bits per heavy atom. The van der Waals surface area contributed by atoms with Gasteiger partial charge in [0.15, 0.2) is 0 Å². The third-order valence-electron chi connectivity index (χ3n) is 3.52. The topological polar surface area (TPSA) is 38.0 Å². The lowest BCUT2D eigenvalue weighted by Gasteiger charge is -2.17. The SMILES string of the molecule is Cc1nn(C)cc1C(O)/C1=C/CCCCCC1. The molecule has 3 nitrogen and oxygen atoms in total. The van der Waals surface area contributed by atoms with Gasteiger partial charge < -0.3 is 5.11 Å². The molecule has 1 aromatic heterocycles. The molecule has 1 atom stereocenters.